The second-order valence-corrected chi connectivity index (χ2v) is 9.79. The van der Waals surface area contributed by atoms with Crippen molar-refractivity contribution in [1.29, 1.82) is 0 Å². The number of benzene rings is 1. The van der Waals surface area contributed by atoms with Crippen molar-refractivity contribution >= 4 is 44.2 Å². The molecule has 2 rings (SSSR count). The number of nitrogens with zero attached hydrogens (tertiary/aromatic N) is 1. The van der Waals surface area contributed by atoms with Crippen LogP contribution < -0.4 is 5.32 Å². The van der Waals surface area contributed by atoms with Gasteiger partial charge in [-0.05, 0) is 43.7 Å². The molecule has 9 nitrogen and oxygen atoms in total. The Morgan fingerprint density at radius 2 is 1.67 bits per heavy atom. The van der Waals surface area contributed by atoms with Crippen LogP contribution in [0.2, 0.25) is 0 Å². The Kier molecular flexibility index (Phi) is 7.34. The number of hydrogen-bond acceptors (Lipinski definition) is 8. The second kappa shape index (κ2) is 9.37. The number of methoxy groups -OCH3 is 1. The van der Waals surface area contributed by atoms with Gasteiger partial charge < -0.3 is 14.8 Å². The lowest BCUT2D eigenvalue weighted by Gasteiger charge is -2.11. The number of amides is 1. The van der Waals surface area contributed by atoms with E-state index in [1.165, 1.54) is 56.8 Å². The third-order valence-corrected chi connectivity index (χ3v) is 7.18. The first-order chi connectivity index (χ1) is 14.0. The molecular weight excluding hydrogens is 432 g/mol. The highest BCUT2D eigenvalue weighted by Gasteiger charge is 2.22. The van der Waals surface area contributed by atoms with E-state index in [0.717, 1.165) is 9.18 Å². The smallest absolute Gasteiger partial charge is 0.341 e. The van der Waals surface area contributed by atoms with Gasteiger partial charge in [-0.2, -0.15) is 0 Å². The summed E-state index contributed by atoms with van der Waals surface area (Å²) in [6.45, 7) is 2.98. The number of sulfonamides is 1. The van der Waals surface area contributed by atoms with Crippen molar-refractivity contribution in [2.45, 2.75) is 18.7 Å². The van der Waals surface area contributed by atoms with Gasteiger partial charge in [-0.3, -0.25) is 4.79 Å². The maximum absolute atomic E-state index is 12.2. The standard InChI is InChI=1S/C19H22N2O7S2/c1-11-12(2)29-17(16(11)19(24)27-5)20-15(22)10-28-18(23)13-6-8-14(9-7-13)30(25,26)21(3)4/h6-9H,10H2,1-5H3,(H,20,22). The molecule has 0 radical (unpaired) electrons. The van der Waals surface area contributed by atoms with Crippen molar-refractivity contribution in [3.63, 3.8) is 0 Å². The number of ether oxygens (including phenoxy) is 2. The predicted molar refractivity (Wildman–Crippen MR) is 111 cm³/mol. The zero-order valence-electron chi connectivity index (χ0n) is 17.1. The molecule has 0 unspecified atom stereocenters. The van der Waals surface area contributed by atoms with Gasteiger partial charge in [-0.15, -0.1) is 11.3 Å². The van der Waals surface area contributed by atoms with Gasteiger partial charge in [0.1, 0.15) is 5.00 Å². The average molecular weight is 455 g/mol. The number of aryl methyl sites for hydroxylation is 1. The molecule has 1 amide bonds. The maximum Gasteiger partial charge on any atom is 0.341 e. The quantitative estimate of drug-likeness (QED) is 0.637. The Hall–Kier alpha value is -2.76. The molecule has 1 heterocycles. The normalized spacial score (nSPS) is 11.3. The van der Waals surface area contributed by atoms with Crippen molar-refractivity contribution in [2.75, 3.05) is 33.1 Å². The number of anilines is 1. The lowest BCUT2D eigenvalue weighted by molar-refractivity contribution is -0.119. The van der Waals surface area contributed by atoms with Crippen molar-refractivity contribution in [3.8, 4) is 0 Å². The van der Waals surface area contributed by atoms with E-state index < -0.39 is 34.5 Å². The summed E-state index contributed by atoms with van der Waals surface area (Å²) in [5.74, 6) is -1.98. The SMILES string of the molecule is COC(=O)c1c(NC(=O)COC(=O)c2ccc(S(=O)(=O)N(C)C)cc2)sc(C)c1C. The Labute approximate surface area is 178 Å². The van der Waals surface area contributed by atoms with Crippen molar-refractivity contribution in [2.24, 2.45) is 0 Å². The summed E-state index contributed by atoms with van der Waals surface area (Å²) in [4.78, 5) is 37.1. The van der Waals surface area contributed by atoms with E-state index in [1.54, 1.807) is 6.92 Å². The fourth-order valence-corrected chi connectivity index (χ4v) is 4.38. The molecule has 0 spiro atoms. The molecule has 0 bridgehead atoms. The summed E-state index contributed by atoms with van der Waals surface area (Å²) in [6, 6.07) is 5.17. The number of esters is 2. The summed E-state index contributed by atoms with van der Waals surface area (Å²) in [5, 5.41) is 2.87. The van der Waals surface area contributed by atoms with Gasteiger partial charge >= 0.3 is 11.9 Å². The molecule has 0 atom stereocenters. The van der Waals surface area contributed by atoms with Crippen LogP contribution in [0.4, 0.5) is 5.00 Å². The van der Waals surface area contributed by atoms with Crippen LogP contribution in [0.3, 0.4) is 0 Å². The summed E-state index contributed by atoms with van der Waals surface area (Å²) in [5.41, 5.74) is 1.06. The molecular formula is C19H22N2O7S2. The first-order valence-electron chi connectivity index (χ1n) is 8.67. The summed E-state index contributed by atoms with van der Waals surface area (Å²) < 4.78 is 34.9. The molecule has 1 aromatic carbocycles. The molecule has 0 saturated heterocycles. The molecule has 0 aliphatic heterocycles. The third-order valence-electron chi connectivity index (χ3n) is 4.23. The fraction of sp³-hybridized carbons (Fsp3) is 0.316. The maximum atomic E-state index is 12.2. The van der Waals surface area contributed by atoms with Crippen LogP contribution in [0.1, 0.15) is 31.2 Å². The molecule has 1 N–H and O–H groups in total. The van der Waals surface area contributed by atoms with Gasteiger partial charge in [0.2, 0.25) is 10.0 Å². The van der Waals surface area contributed by atoms with E-state index >= 15 is 0 Å². The molecule has 30 heavy (non-hydrogen) atoms. The van der Waals surface area contributed by atoms with Crippen LogP contribution >= 0.6 is 11.3 Å². The number of carbonyl (C=O) groups is 3. The molecule has 1 aromatic heterocycles. The van der Waals surface area contributed by atoms with E-state index in [1.807, 2.05) is 6.92 Å². The van der Waals surface area contributed by atoms with Gasteiger partial charge in [0, 0.05) is 19.0 Å². The number of nitrogens with one attached hydrogen (secondary N) is 1. The van der Waals surface area contributed by atoms with E-state index in [9.17, 15) is 22.8 Å². The average Bonchev–Trinajstić information content (AvgIpc) is 2.98. The van der Waals surface area contributed by atoms with Crippen LogP contribution in [-0.2, 0) is 24.3 Å². The van der Waals surface area contributed by atoms with Gasteiger partial charge in [-0.1, -0.05) is 0 Å². The molecule has 0 aliphatic carbocycles. The topological polar surface area (TPSA) is 119 Å². The Morgan fingerprint density at radius 1 is 1.07 bits per heavy atom. The van der Waals surface area contributed by atoms with Gasteiger partial charge in [0.15, 0.2) is 6.61 Å². The van der Waals surface area contributed by atoms with Gasteiger partial charge in [0.25, 0.3) is 5.91 Å². The van der Waals surface area contributed by atoms with Gasteiger partial charge in [0.05, 0.1) is 23.1 Å². The van der Waals surface area contributed by atoms with Crippen LogP contribution in [0, 0.1) is 13.8 Å². The third kappa shape index (κ3) is 5.04. The highest BCUT2D eigenvalue weighted by atomic mass is 32.2. The summed E-state index contributed by atoms with van der Waals surface area (Å²) in [7, 11) is 0.435. The van der Waals surface area contributed by atoms with Crippen LogP contribution in [0.25, 0.3) is 0 Å². The van der Waals surface area contributed by atoms with Gasteiger partial charge in [-0.25, -0.2) is 22.3 Å². The lowest BCUT2D eigenvalue weighted by atomic mass is 10.1. The minimum Gasteiger partial charge on any atom is -0.465 e. The monoisotopic (exact) mass is 454 g/mol. The highest BCUT2D eigenvalue weighted by molar-refractivity contribution is 7.89. The Bertz CT molecular complexity index is 1070. The van der Waals surface area contributed by atoms with Crippen LogP contribution in [-0.4, -0.2) is 58.4 Å². The largest absolute Gasteiger partial charge is 0.465 e. The van der Waals surface area contributed by atoms with Crippen molar-refractivity contribution < 1.29 is 32.3 Å². The molecule has 0 saturated carbocycles. The fourth-order valence-electron chi connectivity index (χ4n) is 2.41. The lowest BCUT2D eigenvalue weighted by Crippen LogP contribution is -2.23. The molecule has 0 aliphatic rings. The van der Waals surface area contributed by atoms with E-state index in [-0.39, 0.29) is 16.0 Å². The van der Waals surface area contributed by atoms with E-state index in [2.05, 4.69) is 5.32 Å². The zero-order valence-corrected chi connectivity index (χ0v) is 18.8. The Morgan fingerprint density at radius 3 is 2.20 bits per heavy atom. The number of rotatable bonds is 7. The number of thiophene rings is 1. The first-order valence-corrected chi connectivity index (χ1v) is 10.9. The summed E-state index contributed by atoms with van der Waals surface area (Å²) >= 11 is 1.22. The number of hydrogen-bond donors (Lipinski definition) is 1. The van der Waals surface area contributed by atoms with Crippen LogP contribution in [0.15, 0.2) is 29.2 Å². The predicted octanol–water partition coefficient (Wildman–Crippen LogP) is 2.20. The minimum absolute atomic E-state index is 0.0283. The first kappa shape index (κ1) is 23.5. The Balaban J connectivity index is 2.03. The van der Waals surface area contributed by atoms with E-state index in [0.29, 0.717) is 10.6 Å². The van der Waals surface area contributed by atoms with Crippen LogP contribution in [0.5, 0.6) is 0 Å². The molecule has 2 aromatic rings. The number of carbonyl (C=O) groups excluding carboxylic acids is 3. The zero-order chi connectivity index (χ0) is 22.6. The highest BCUT2D eigenvalue weighted by Crippen LogP contribution is 2.32. The van der Waals surface area contributed by atoms with E-state index in [4.69, 9.17) is 9.47 Å². The summed E-state index contributed by atoms with van der Waals surface area (Å²) in [6.07, 6.45) is 0. The molecule has 11 heteroatoms. The van der Waals surface area contributed by atoms with Crippen molar-refractivity contribution in [3.05, 3.63) is 45.8 Å². The second-order valence-electron chi connectivity index (χ2n) is 6.42. The molecule has 162 valence electrons. The minimum atomic E-state index is -3.61. The van der Waals surface area contributed by atoms with Crippen molar-refractivity contribution in [1.82, 2.24) is 4.31 Å². The molecule has 0 fully saturated rings.